The second-order valence-electron chi connectivity index (χ2n) is 7.18. The lowest BCUT2D eigenvalue weighted by atomic mass is 9.86. The summed E-state index contributed by atoms with van der Waals surface area (Å²) in [6, 6.07) is 8.40. The Balaban J connectivity index is 1.80. The lowest BCUT2D eigenvalue weighted by molar-refractivity contribution is -0.129. The van der Waals surface area contributed by atoms with E-state index in [1.54, 1.807) is 0 Å². The first-order valence-electron chi connectivity index (χ1n) is 8.50. The summed E-state index contributed by atoms with van der Waals surface area (Å²) >= 11 is 0. The normalized spacial score (nSPS) is 20.8. The van der Waals surface area contributed by atoms with Crippen molar-refractivity contribution in [3.8, 4) is 0 Å². The Bertz CT molecular complexity index is 581. The van der Waals surface area contributed by atoms with Gasteiger partial charge in [-0.05, 0) is 44.2 Å². The smallest absolute Gasteiger partial charge is 0.228 e. The monoisotopic (exact) mass is 298 g/mol. The fourth-order valence-corrected chi connectivity index (χ4v) is 3.60. The number of carbonyl (C=O) groups is 1. The van der Waals surface area contributed by atoms with E-state index in [1.807, 2.05) is 11.0 Å². The topological polar surface area (TPSA) is 32.7 Å². The fourth-order valence-electron chi connectivity index (χ4n) is 3.60. The molecule has 3 rings (SSSR count). The lowest BCUT2D eigenvalue weighted by Crippen LogP contribution is -2.36. The molecular formula is C19H26N2O. The van der Waals surface area contributed by atoms with Gasteiger partial charge in [-0.2, -0.15) is 0 Å². The van der Waals surface area contributed by atoms with Crippen LogP contribution in [0.1, 0.15) is 57.1 Å². The van der Waals surface area contributed by atoms with Gasteiger partial charge in [0.05, 0.1) is 17.7 Å². The Morgan fingerprint density at radius 1 is 1.14 bits per heavy atom. The lowest BCUT2D eigenvalue weighted by Gasteiger charge is -2.30. The van der Waals surface area contributed by atoms with E-state index in [0.717, 1.165) is 38.1 Å². The molecule has 0 spiro atoms. The van der Waals surface area contributed by atoms with E-state index in [4.69, 9.17) is 4.99 Å². The molecule has 0 atom stereocenters. The number of hydrogen-bond acceptors (Lipinski definition) is 2. The van der Waals surface area contributed by atoms with Crippen molar-refractivity contribution in [1.82, 2.24) is 4.90 Å². The van der Waals surface area contributed by atoms with Crippen LogP contribution in [0.15, 0.2) is 29.3 Å². The molecule has 0 saturated carbocycles. The van der Waals surface area contributed by atoms with Crippen molar-refractivity contribution in [3.05, 3.63) is 35.4 Å². The van der Waals surface area contributed by atoms with Gasteiger partial charge in [0, 0.05) is 13.1 Å². The van der Waals surface area contributed by atoms with Crippen LogP contribution >= 0.6 is 0 Å². The first-order chi connectivity index (χ1) is 10.6. The molecule has 118 valence electrons. The summed E-state index contributed by atoms with van der Waals surface area (Å²) in [5.74, 6) is 0.244. The predicted molar refractivity (Wildman–Crippen MR) is 90.4 cm³/mol. The molecule has 22 heavy (non-hydrogen) atoms. The quantitative estimate of drug-likeness (QED) is 0.821. The molecule has 0 N–H and O–H groups in total. The molecule has 2 heterocycles. The summed E-state index contributed by atoms with van der Waals surface area (Å²) < 4.78 is 0. The maximum absolute atomic E-state index is 12.7. The number of fused-ring (bicyclic) bond motifs is 1. The van der Waals surface area contributed by atoms with Crippen LogP contribution in [0, 0.1) is 0 Å². The van der Waals surface area contributed by atoms with Crippen LogP contribution in [0.4, 0.5) is 0 Å². The highest BCUT2D eigenvalue weighted by Gasteiger charge is 2.28. The van der Waals surface area contributed by atoms with Gasteiger partial charge in [0.2, 0.25) is 5.91 Å². The van der Waals surface area contributed by atoms with Crippen molar-refractivity contribution in [1.29, 1.82) is 0 Å². The standard InChI is InChI=1S/C19H26N2O/c1-19(2)14-15-9-5-6-10-16(15)17(20-19)13-18(22)21-11-7-3-4-8-12-21/h5-6,9-10H,3-4,7-8,11-14H2,1-2H3. The third-order valence-electron chi connectivity index (χ3n) is 4.67. The van der Waals surface area contributed by atoms with E-state index in [0.29, 0.717) is 6.42 Å². The first kappa shape index (κ1) is 15.3. The van der Waals surface area contributed by atoms with Crippen LogP contribution in [0.2, 0.25) is 0 Å². The van der Waals surface area contributed by atoms with Gasteiger partial charge in [0.25, 0.3) is 0 Å². The molecule has 1 aromatic rings. The van der Waals surface area contributed by atoms with E-state index in [1.165, 1.54) is 24.0 Å². The summed E-state index contributed by atoms with van der Waals surface area (Å²) in [5.41, 5.74) is 3.36. The third kappa shape index (κ3) is 3.40. The molecule has 0 unspecified atom stereocenters. The van der Waals surface area contributed by atoms with E-state index < -0.39 is 0 Å². The van der Waals surface area contributed by atoms with Crippen molar-refractivity contribution in [3.63, 3.8) is 0 Å². The maximum Gasteiger partial charge on any atom is 0.228 e. The average Bonchev–Trinajstić information content (AvgIpc) is 2.75. The summed E-state index contributed by atoms with van der Waals surface area (Å²) in [6.45, 7) is 6.13. The molecular weight excluding hydrogens is 272 g/mol. The Morgan fingerprint density at radius 3 is 2.55 bits per heavy atom. The second-order valence-corrected chi connectivity index (χ2v) is 7.18. The van der Waals surface area contributed by atoms with Gasteiger partial charge < -0.3 is 4.90 Å². The number of likely N-dealkylation sites (tertiary alicyclic amines) is 1. The van der Waals surface area contributed by atoms with E-state index >= 15 is 0 Å². The van der Waals surface area contributed by atoms with E-state index in [-0.39, 0.29) is 11.4 Å². The zero-order valence-electron chi connectivity index (χ0n) is 13.8. The van der Waals surface area contributed by atoms with Crippen molar-refractivity contribution >= 4 is 11.6 Å². The van der Waals surface area contributed by atoms with Gasteiger partial charge >= 0.3 is 0 Å². The molecule has 0 bridgehead atoms. The number of aliphatic imine (C=N–C) groups is 1. The van der Waals surface area contributed by atoms with Crippen LogP contribution in [-0.4, -0.2) is 35.1 Å². The molecule has 1 aromatic carbocycles. The van der Waals surface area contributed by atoms with Crippen molar-refractivity contribution < 1.29 is 4.79 Å². The average molecular weight is 298 g/mol. The Hall–Kier alpha value is -1.64. The van der Waals surface area contributed by atoms with Gasteiger partial charge in [-0.15, -0.1) is 0 Å². The van der Waals surface area contributed by atoms with E-state index in [9.17, 15) is 4.79 Å². The third-order valence-corrected chi connectivity index (χ3v) is 4.67. The molecule has 1 fully saturated rings. The summed E-state index contributed by atoms with van der Waals surface area (Å²) in [4.78, 5) is 19.6. The molecule has 2 aliphatic heterocycles. The minimum Gasteiger partial charge on any atom is -0.342 e. The number of nitrogens with zero attached hydrogens (tertiary/aromatic N) is 2. The largest absolute Gasteiger partial charge is 0.342 e. The first-order valence-corrected chi connectivity index (χ1v) is 8.50. The minimum absolute atomic E-state index is 0.108. The Labute approximate surface area is 133 Å². The molecule has 1 amide bonds. The van der Waals surface area contributed by atoms with Crippen LogP contribution < -0.4 is 0 Å². The van der Waals surface area contributed by atoms with Crippen LogP contribution in [-0.2, 0) is 11.2 Å². The second kappa shape index (κ2) is 6.23. The molecule has 0 aromatic heterocycles. The zero-order valence-corrected chi connectivity index (χ0v) is 13.8. The summed E-state index contributed by atoms with van der Waals surface area (Å²) in [5, 5.41) is 0. The number of carbonyl (C=O) groups excluding carboxylic acids is 1. The highest BCUT2D eigenvalue weighted by atomic mass is 16.2. The molecule has 3 nitrogen and oxygen atoms in total. The van der Waals surface area contributed by atoms with E-state index in [2.05, 4.69) is 32.0 Å². The highest BCUT2D eigenvalue weighted by molar-refractivity contribution is 6.12. The van der Waals surface area contributed by atoms with Crippen molar-refractivity contribution in [2.24, 2.45) is 4.99 Å². The Morgan fingerprint density at radius 2 is 1.82 bits per heavy atom. The van der Waals surface area contributed by atoms with Gasteiger partial charge in [-0.1, -0.05) is 37.1 Å². The van der Waals surface area contributed by atoms with Gasteiger partial charge in [-0.3, -0.25) is 9.79 Å². The zero-order chi connectivity index (χ0) is 15.6. The predicted octanol–water partition coefficient (Wildman–Crippen LogP) is 3.60. The number of amides is 1. The summed E-state index contributed by atoms with van der Waals surface area (Å²) in [6.07, 6.45) is 6.17. The molecule has 0 aliphatic carbocycles. The number of benzene rings is 1. The molecule has 0 radical (unpaired) electrons. The van der Waals surface area contributed by atoms with Gasteiger partial charge in [-0.25, -0.2) is 0 Å². The Kier molecular flexibility index (Phi) is 4.32. The van der Waals surface area contributed by atoms with Crippen molar-refractivity contribution in [2.45, 2.75) is 57.9 Å². The molecule has 1 saturated heterocycles. The number of rotatable bonds is 2. The molecule has 2 aliphatic rings. The van der Waals surface area contributed by atoms with Crippen LogP contribution in [0.25, 0.3) is 0 Å². The van der Waals surface area contributed by atoms with Crippen LogP contribution in [0.5, 0.6) is 0 Å². The van der Waals surface area contributed by atoms with Gasteiger partial charge in [0.1, 0.15) is 0 Å². The van der Waals surface area contributed by atoms with Crippen molar-refractivity contribution in [2.75, 3.05) is 13.1 Å². The minimum atomic E-state index is -0.108. The van der Waals surface area contributed by atoms with Crippen LogP contribution in [0.3, 0.4) is 0 Å². The van der Waals surface area contributed by atoms with Gasteiger partial charge in [0.15, 0.2) is 0 Å². The number of hydrogen-bond donors (Lipinski definition) is 0. The fraction of sp³-hybridized carbons (Fsp3) is 0.579. The SMILES string of the molecule is CC1(C)Cc2ccccc2C(CC(=O)N2CCCCCC2)=N1. The highest BCUT2D eigenvalue weighted by Crippen LogP contribution is 2.28. The molecule has 3 heteroatoms. The maximum atomic E-state index is 12.7. The summed E-state index contributed by atoms with van der Waals surface area (Å²) in [7, 11) is 0.